The Bertz CT molecular complexity index is 281. The molecule has 1 rings (SSSR count). The van der Waals surface area contributed by atoms with Crippen LogP contribution < -0.4 is 0 Å². The lowest BCUT2D eigenvalue weighted by atomic mass is 10.1. The van der Waals surface area contributed by atoms with E-state index >= 15 is 0 Å². The molecule has 1 heterocycles. The van der Waals surface area contributed by atoms with Gasteiger partial charge in [0.15, 0.2) is 0 Å². The van der Waals surface area contributed by atoms with Crippen LogP contribution in [0, 0.1) is 0 Å². The predicted octanol–water partition coefficient (Wildman–Crippen LogP) is 1.40. The van der Waals surface area contributed by atoms with Crippen LogP contribution in [0.3, 0.4) is 0 Å². The van der Waals surface area contributed by atoms with E-state index in [0.717, 1.165) is 25.9 Å². The molecular weight excluding hydrogens is 236 g/mol. The number of hydrogen-bond donors (Lipinski definition) is 1. The maximum atomic E-state index is 11.7. The van der Waals surface area contributed by atoms with Crippen LogP contribution in [0.4, 0.5) is 0 Å². The van der Waals surface area contributed by atoms with Crippen molar-refractivity contribution < 1.29 is 24.1 Å². The third kappa shape index (κ3) is 5.62. The third-order valence-electron chi connectivity index (χ3n) is 2.78. The Labute approximate surface area is 108 Å². The molecule has 1 saturated heterocycles. The van der Waals surface area contributed by atoms with E-state index in [1.165, 1.54) is 0 Å². The number of carbonyl (C=O) groups excluding carboxylic acids is 1. The summed E-state index contributed by atoms with van der Waals surface area (Å²) in [6.45, 7) is 3.97. The van der Waals surface area contributed by atoms with Crippen LogP contribution >= 0.6 is 0 Å². The highest BCUT2D eigenvalue weighted by molar-refractivity contribution is 5.87. The van der Waals surface area contributed by atoms with Crippen molar-refractivity contribution in [2.75, 3.05) is 20.0 Å². The molecule has 0 amide bonds. The van der Waals surface area contributed by atoms with Crippen molar-refractivity contribution in [3.63, 3.8) is 0 Å². The topological polar surface area (TPSA) is 65.0 Å². The van der Waals surface area contributed by atoms with E-state index < -0.39 is 0 Å². The summed E-state index contributed by atoms with van der Waals surface area (Å²) in [7, 11) is 0. The second-order valence-electron chi connectivity index (χ2n) is 4.46. The third-order valence-corrected chi connectivity index (χ3v) is 2.78. The van der Waals surface area contributed by atoms with Crippen LogP contribution in [0.25, 0.3) is 0 Å². The van der Waals surface area contributed by atoms with Crippen LogP contribution in [0.5, 0.6) is 0 Å². The summed E-state index contributed by atoms with van der Waals surface area (Å²) in [5.41, 5.74) is 0.554. The molecular formula is C13H22O5. The number of esters is 1. The number of aliphatic hydroxyl groups excluding tert-OH is 1. The molecule has 0 bridgehead atoms. The highest BCUT2D eigenvalue weighted by atomic mass is 16.6. The SMILES string of the molecule is C/C(=C\C1CCCCO1)C(=O)OCC(C)OCO. The molecule has 1 aliphatic rings. The highest BCUT2D eigenvalue weighted by Crippen LogP contribution is 2.15. The van der Waals surface area contributed by atoms with Gasteiger partial charge in [-0.1, -0.05) is 0 Å². The molecule has 1 N–H and O–H groups in total. The van der Waals surface area contributed by atoms with E-state index in [0.29, 0.717) is 5.57 Å². The lowest BCUT2D eigenvalue weighted by Gasteiger charge is -2.20. The summed E-state index contributed by atoms with van der Waals surface area (Å²) in [4.78, 5) is 11.7. The Hall–Kier alpha value is -0.910. The van der Waals surface area contributed by atoms with Crippen molar-refractivity contribution in [1.82, 2.24) is 0 Å². The summed E-state index contributed by atoms with van der Waals surface area (Å²) >= 11 is 0. The fourth-order valence-corrected chi connectivity index (χ4v) is 1.73. The van der Waals surface area contributed by atoms with Gasteiger partial charge in [0.2, 0.25) is 0 Å². The van der Waals surface area contributed by atoms with Crippen molar-refractivity contribution >= 4 is 5.97 Å². The van der Waals surface area contributed by atoms with Gasteiger partial charge in [-0.05, 0) is 39.2 Å². The molecule has 0 aromatic carbocycles. The van der Waals surface area contributed by atoms with Crippen molar-refractivity contribution in [1.29, 1.82) is 0 Å². The van der Waals surface area contributed by atoms with Crippen molar-refractivity contribution in [3.05, 3.63) is 11.6 Å². The van der Waals surface area contributed by atoms with Gasteiger partial charge in [0.05, 0.1) is 12.2 Å². The van der Waals surface area contributed by atoms with E-state index in [9.17, 15) is 4.79 Å². The Morgan fingerprint density at radius 3 is 2.94 bits per heavy atom. The monoisotopic (exact) mass is 258 g/mol. The maximum Gasteiger partial charge on any atom is 0.333 e. The molecule has 18 heavy (non-hydrogen) atoms. The van der Waals surface area contributed by atoms with Crippen LogP contribution in [0.2, 0.25) is 0 Å². The molecule has 0 aliphatic carbocycles. The fourth-order valence-electron chi connectivity index (χ4n) is 1.73. The molecule has 1 fully saturated rings. The van der Waals surface area contributed by atoms with E-state index in [1.54, 1.807) is 13.8 Å². The minimum Gasteiger partial charge on any atom is -0.460 e. The van der Waals surface area contributed by atoms with Gasteiger partial charge in [0.1, 0.15) is 13.4 Å². The molecule has 2 unspecified atom stereocenters. The smallest absolute Gasteiger partial charge is 0.333 e. The lowest BCUT2D eigenvalue weighted by Crippen LogP contribution is -2.21. The van der Waals surface area contributed by atoms with Crippen molar-refractivity contribution in [2.45, 2.75) is 45.3 Å². The summed E-state index contributed by atoms with van der Waals surface area (Å²) in [6.07, 6.45) is 4.71. The van der Waals surface area contributed by atoms with Gasteiger partial charge in [-0.2, -0.15) is 0 Å². The van der Waals surface area contributed by atoms with Gasteiger partial charge in [-0.3, -0.25) is 0 Å². The molecule has 0 aromatic heterocycles. The first-order valence-corrected chi connectivity index (χ1v) is 6.33. The quantitative estimate of drug-likeness (QED) is 0.443. The van der Waals surface area contributed by atoms with Gasteiger partial charge >= 0.3 is 5.97 Å². The Balaban J connectivity index is 2.33. The van der Waals surface area contributed by atoms with E-state index in [-0.39, 0.29) is 31.6 Å². The van der Waals surface area contributed by atoms with Crippen LogP contribution in [0.1, 0.15) is 33.1 Å². The van der Waals surface area contributed by atoms with E-state index in [1.807, 2.05) is 6.08 Å². The molecule has 0 radical (unpaired) electrons. The van der Waals surface area contributed by atoms with Gasteiger partial charge in [0, 0.05) is 12.2 Å². The molecule has 1 aliphatic heterocycles. The average molecular weight is 258 g/mol. The zero-order chi connectivity index (χ0) is 13.4. The zero-order valence-corrected chi connectivity index (χ0v) is 11.1. The first-order chi connectivity index (χ1) is 8.63. The number of hydrogen-bond acceptors (Lipinski definition) is 5. The Morgan fingerprint density at radius 1 is 1.56 bits per heavy atom. The molecule has 104 valence electrons. The summed E-state index contributed by atoms with van der Waals surface area (Å²) in [5, 5.41) is 8.54. The first-order valence-electron chi connectivity index (χ1n) is 6.33. The molecule has 5 heteroatoms. The number of aliphatic hydroxyl groups is 1. The normalized spacial score (nSPS) is 22.6. The summed E-state index contributed by atoms with van der Waals surface area (Å²) in [6, 6.07) is 0. The summed E-state index contributed by atoms with van der Waals surface area (Å²) in [5.74, 6) is -0.363. The van der Waals surface area contributed by atoms with Gasteiger partial charge in [0.25, 0.3) is 0 Å². The van der Waals surface area contributed by atoms with Gasteiger partial charge in [-0.15, -0.1) is 0 Å². The number of ether oxygens (including phenoxy) is 3. The second kappa shape index (κ2) is 8.24. The highest BCUT2D eigenvalue weighted by Gasteiger charge is 2.15. The molecule has 0 aromatic rings. The lowest BCUT2D eigenvalue weighted by molar-refractivity contribution is -0.145. The minimum atomic E-state index is -0.372. The Kier molecular flexibility index (Phi) is 6.93. The average Bonchev–Trinajstić information content (AvgIpc) is 2.37. The molecule has 0 spiro atoms. The van der Waals surface area contributed by atoms with Crippen LogP contribution in [-0.4, -0.2) is 43.3 Å². The van der Waals surface area contributed by atoms with Crippen molar-refractivity contribution in [2.24, 2.45) is 0 Å². The zero-order valence-electron chi connectivity index (χ0n) is 11.1. The first kappa shape index (κ1) is 15.1. The number of rotatable bonds is 6. The van der Waals surface area contributed by atoms with Crippen molar-refractivity contribution in [3.8, 4) is 0 Å². The molecule has 0 saturated carbocycles. The maximum absolute atomic E-state index is 11.7. The van der Waals surface area contributed by atoms with E-state index in [2.05, 4.69) is 0 Å². The molecule has 5 nitrogen and oxygen atoms in total. The van der Waals surface area contributed by atoms with Crippen LogP contribution in [0.15, 0.2) is 11.6 Å². The Morgan fingerprint density at radius 2 is 2.33 bits per heavy atom. The fraction of sp³-hybridized carbons (Fsp3) is 0.769. The molecule has 2 atom stereocenters. The van der Waals surface area contributed by atoms with E-state index in [4.69, 9.17) is 19.3 Å². The van der Waals surface area contributed by atoms with Crippen LogP contribution in [-0.2, 0) is 19.0 Å². The number of carbonyl (C=O) groups is 1. The minimum absolute atomic E-state index is 0.0254. The van der Waals surface area contributed by atoms with Gasteiger partial charge < -0.3 is 19.3 Å². The second-order valence-corrected chi connectivity index (χ2v) is 4.46. The summed E-state index contributed by atoms with van der Waals surface area (Å²) < 4.78 is 15.4. The standard InChI is InChI=1S/C13H22O5/c1-10(7-12-5-3-4-6-16-12)13(15)17-8-11(2)18-9-14/h7,11-12,14H,3-6,8-9H2,1-2H3/b10-7+. The van der Waals surface area contributed by atoms with Gasteiger partial charge in [-0.25, -0.2) is 4.79 Å². The predicted molar refractivity (Wildman–Crippen MR) is 65.9 cm³/mol. The largest absolute Gasteiger partial charge is 0.460 e.